The van der Waals surface area contributed by atoms with Crippen molar-refractivity contribution >= 4 is 39.1 Å². The predicted molar refractivity (Wildman–Crippen MR) is 96.4 cm³/mol. The molecule has 6 nitrogen and oxygen atoms in total. The highest BCUT2D eigenvalue weighted by Gasteiger charge is 2.18. The van der Waals surface area contributed by atoms with Crippen molar-refractivity contribution in [3.05, 3.63) is 63.1 Å². The Morgan fingerprint density at radius 3 is 2.67 bits per heavy atom. The van der Waals surface area contributed by atoms with E-state index in [4.69, 9.17) is 11.6 Å². The van der Waals surface area contributed by atoms with Crippen LogP contribution in [-0.4, -0.2) is 25.5 Å². The van der Waals surface area contributed by atoms with Crippen LogP contribution in [0.5, 0.6) is 0 Å². The molecule has 1 N–H and O–H groups in total. The Morgan fingerprint density at radius 1 is 1.33 bits per heavy atom. The summed E-state index contributed by atoms with van der Waals surface area (Å²) in [6, 6.07) is 7.56. The molecular weight excluding hydrogens is 394 g/mol. The van der Waals surface area contributed by atoms with Gasteiger partial charge in [-0.05, 0) is 40.5 Å². The first-order chi connectivity index (χ1) is 11.4. The molecule has 2 heterocycles. The number of hydrogen-bond donors (Lipinski definition) is 1. The van der Waals surface area contributed by atoms with Crippen LogP contribution in [0.2, 0.25) is 5.02 Å². The molecule has 24 heavy (non-hydrogen) atoms. The number of amides is 1. The topological polar surface area (TPSA) is 64.7 Å². The molecule has 8 heteroatoms. The Labute approximate surface area is 152 Å². The summed E-state index contributed by atoms with van der Waals surface area (Å²) in [4.78, 5) is 12.3. The molecule has 0 spiro atoms. The van der Waals surface area contributed by atoms with E-state index < -0.39 is 0 Å². The quantitative estimate of drug-likeness (QED) is 0.717. The summed E-state index contributed by atoms with van der Waals surface area (Å²) in [6.07, 6.45) is 3.38. The number of aryl methyl sites for hydroxylation is 1. The van der Waals surface area contributed by atoms with Crippen molar-refractivity contribution < 1.29 is 4.79 Å². The molecule has 0 saturated carbocycles. The van der Waals surface area contributed by atoms with Crippen LogP contribution in [-0.2, 0) is 13.6 Å². The SMILES string of the molecule is Cc1c(Br)c(C(=O)Nc2cnn(Cc3ccc(Cl)cc3)c2)nn1C. The normalized spacial score (nSPS) is 10.8. The highest BCUT2D eigenvalue weighted by Crippen LogP contribution is 2.21. The molecule has 0 saturated heterocycles. The van der Waals surface area contributed by atoms with E-state index in [-0.39, 0.29) is 5.91 Å². The van der Waals surface area contributed by atoms with Crippen LogP contribution >= 0.6 is 27.5 Å². The van der Waals surface area contributed by atoms with Crippen molar-refractivity contribution in [3.63, 3.8) is 0 Å². The lowest BCUT2D eigenvalue weighted by Gasteiger charge is -2.02. The van der Waals surface area contributed by atoms with Crippen molar-refractivity contribution in [1.82, 2.24) is 19.6 Å². The van der Waals surface area contributed by atoms with E-state index in [2.05, 4.69) is 31.4 Å². The summed E-state index contributed by atoms with van der Waals surface area (Å²) in [7, 11) is 1.79. The summed E-state index contributed by atoms with van der Waals surface area (Å²) < 4.78 is 4.09. The van der Waals surface area contributed by atoms with Crippen LogP contribution in [0.15, 0.2) is 41.1 Å². The van der Waals surface area contributed by atoms with Gasteiger partial charge in [0.15, 0.2) is 5.69 Å². The van der Waals surface area contributed by atoms with Gasteiger partial charge in [-0.25, -0.2) is 0 Å². The molecule has 1 amide bonds. The molecule has 0 radical (unpaired) electrons. The fourth-order valence-electron chi connectivity index (χ4n) is 2.21. The maximum Gasteiger partial charge on any atom is 0.277 e. The lowest BCUT2D eigenvalue weighted by Crippen LogP contribution is -2.13. The molecule has 0 aliphatic heterocycles. The number of hydrogen-bond acceptors (Lipinski definition) is 3. The Balaban J connectivity index is 1.70. The largest absolute Gasteiger partial charge is 0.318 e. The average Bonchev–Trinajstić information content (AvgIpc) is 3.09. The van der Waals surface area contributed by atoms with Crippen LogP contribution in [0.1, 0.15) is 21.7 Å². The van der Waals surface area contributed by atoms with Crippen LogP contribution in [0.3, 0.4) is 0 Å². The van der Waals surface area contributed by atoms with Crippen molar-refractivity contribution in [2.45, 2.75) is 13.5 Å². The zero-order chi connectivity index (χ0) is 17.3. The summed E-state index contributed by atoms with van der Waals surface area (Å²) in [6.45, 7) is 2.48. The number of nitrogens with zero attached hydrogens (tertiary/aromatic N) is 4. The van der Waals surface area contributed by atoms with E-state index in [1.54, 1.807) is 28.8 Å². The standard InChI is InChI=1S/C16H15BrClN5O/c1-10-14(17)15(21-22(10)2)16(24)20-13-7-19-23(9-13)8-11-3-5-12(18)6-4-11/h3-7,9H,8H2,1-2H3,(H,20,24). The zero-order valence-corrected chi connectivity index (χ0v) is 15.5. The summed E-state index contributed by atoms with van der Waals surface area (Å²) in [5, 5.41) is 12.0. The smallest absolute Gasteiger partial charge is 0.277 e. The Morgan fingerprint density at radius 2 is 2.04 bits per heavy atom. The highest BCUT2D eigenvalue weighted by molar-refractivity contribution is 9.10. The maximum absolute atomic E-state index is 12.3. The fourth-order valence-corrected chi connectivity index (χ4v) is 2.85. The van der Waals surface area contributed by atoms with Gasteiger partial charge in [0.25, 0.3) is 5.91 Å². The molecule has 0 aliphatic rings. The first kappa shape index (κ1) is 16.7. The van der Waals surface area contributed by atoms with Crippen molar-refractivity contribution in [2.75, 3.05) is 5.32 Å². The number of halogens is 2. The lowest BCUT2D eigenvalue weighted by atomic mass is 10.2. The second kappa shape index (κ2) is 6.78. The van der Waals surface area contributed by atoms with E-state index in [0.717, 1.165) is 11.3 Å². The van der Waals surface area contributed by atoms with Gasteiger partial charge in [0.05, 0.1) is 28.6 Å². The van der Waals surface area contributed by atoms with Gasteiger partial charge in [-0.15, -0.1) is 0 Å². The number of benzene rings is 1. The lowest BCUT2D eigenvalue weighted by molar-refractivity contribution is 0.102. The molecule has 0 atom stereocenters. The molecule has 124 valence electrons. The zero-order valence-electron chi connectivity index (χ0n) is 13.1. The minimum absolute atomic E-state index is 0.281. The first-order valence-electron chi connectivity index (χ1n) is 7.21. The van der Waals surface area contributed by atoms with Gasteiger partial charge in [-0.3, -0.25) is 14.2 Å². The van der Waals surface area contributed by atoms with E-state index in [0.29, 0.717) is 27.4 Å². The second-order valence-corrected chi connectivity index (χ2v) is 6.61. The first-order valence-corrected chi connectivity index (χ1v) is 8.38. The van der Waals surface area contributed by atoms with Crippen LogP contribution < -0.4 is 5.32 Å². The van der Waals surface area contributed by atoms with Gasteiger partial charge in [0.2, 0.25) is 0 Å². The molecule has 2 aromatic heterocycles. The molecular formula is C16H15BrClN5O. The number of rotatable bonds is 4. The predicted octanol–water partition coefficient (Wildman–Crippen LogP) is 3.64. The van der Waals surface area contributed by atoms with Crippen molar-refractivity contribution in [1.29, 1.82) is 0 Å². The van der Waals surface area contributed by atoms with Crippen molar-refractivity contribution in [3.8, 4) is 0 Å². The third kappa shape index (κ3) is 3.52. The molecule has 1 aromatic carbocycles. The maximum atomic E-state index is 12.3. The summed E-state index contributed by atoms with van der Waals surface area (Å²) >= 11 is 9.27. The van der Waals surface area contributed by atoms with Crippen LogP contribution in [0.4, 0.5) is 5.69 Å². The van der Waals surface area contributed by atoms with Crippen LogP contribution in [0.25, 0.3) is 0 Å². The minimum Gasteiger partial charge on any atom is -0.318 e. The van der Waals surface area contributed by atoms with Crippen molar-refractivity contribution in [2.24, 2.45) is 7.05 Å². The molecule has 0 bridgehead atoms. The van der Waals surface area contributed by atoms with Gasteiger partial charge in [0.1, 0.15) is 0 Å². The molecule has 0 aliphatic carbocycles. The third-order valence-corrected chi connectivity index (χ3v) is 4.83. The second-order valence-electron chi connectivity index (χ2n) is 5.38. The molecule has 3 rings (SSSR count). The average molecular weight is 409 g/mol. The number of carbonyl (C=O) groups is 1. The van der Waals surface area contributed by atoms with Gasteiger partial charge >= 0.3 is 0 Å². The molecule has 3 aromatic rings. The van der Waals surface area contributed by atoms with E-state index >= 15 is 0 Å². The Bertz CT molecular complexity index is 885. The Kier molecular flexibility index (Phi) is 4.73. The van der Waals surface area contributed by atoms with E-state index in [1.807, 2.05) is 31.2 Å². The van der Waals surface area contributed by atoms with Gasteiger partial charge < -0.3 is 5.32 Å². The van der Waals surface area contributed by atoms with E-state index in [9.17, 15) is 4.79 Å². The monoisotopic (exact) mass is 407 g/mol. The molecule has 0 unspecified atom stereocenters. The number of aromatic nitrogens is 4. The highest BCUT2D eigenvalue weighted by atomic mass is 79.9. The van der Waals surface area contributed by atoms with Gasteiger partial charge in [-0.2, -0.15) is 10.2 Å². The number of carbonyl (C=O) groups excluding carboxylic acids is 1. The molecule has 0 fully saturated rings. The fraction of sp³-hybridized carbons (Fsp3) is 0.188. The van der Waals surface area contributed by atoms with Gasteiger partial charge in [0, 0.05) is 18.3 Å². The van der Waals surface area contributed by atoms with Gasteiger partial charge in [-0.1, -0.05) is 23.7 Å². The number of anilines is 1. The summed E-state index contributed by atoms with van der Waals surface area (Å²) in [5.74, 6) is -0.281. The van der Waals surface area contributed by atoms with Crippen LogP contribution in [0, 0.1) is 6.92 Å². The summed E-state index contributed by atoms with van der Waals surface area (Å²) in [5.41, 5.74) is 2.92. The van der Waals surface area contributed by atoms with E-state index in [1.165, 1.54) is 0 Å². The Hall–Kier alpha value is -2.12. The minimum atomic E-state index is -0.281. The third-order valence-electron chi connectivity index (χ3n) is 3.62. The number of nitrogens with one attached hydrogen (secondary N) is 1.